The molecule has 1 atom stereocenters. The van der Waals surface area contributed by atoms with Crippen LogP contribution in [0.1, 0.15) is 28.2 Å². The van der Waals surface area contributed by atoms with Crippen molar-refractivity contribution in [3.05, 3.63) is 59.7 Å². The van der Waals surface area contributed by atoms with E-state index in [9.17, 15) is 9.59 Å². The van der Waals surface area contributed by atoms with E-state index in [0.29, 0.717) is 36.8 Å². The van der Waals surface area contributed by atoms with Gasteiger partial charge in [-0.05, 0) is 37.1 Å². The van der Waals surface area contributed by atoms with E-state index in [1.807, 2.05) is 56.3 Å². The van der Waals surface area contributed by atoms with E-state index in [1.165, 1.54) is 6.07 Å². The molecule has 1 amide bonds. The topological polar surface area (TPSA) is 156 Å². The molecular formula is C28H29N9O4. The number of nitrogens with zero attached hydrogens (tertiary/aromatic N) is 6. The molecule has 6 rings (SSSR count). The van der Waals surface area contributed by atoms with Gasteiger partial charge in [0.15, 0.2) is 12.1 Å². The van der Waals surface area contributed by atoms with Crippen molar-refractivity contribution in [2.75, 3.05) is 30.3 Å². The highest BCUT2D eigenvalue weighted by atomic mass is 16.5. The van der Waals surface area contributed by atoms with Gasteiger partial charge in [0.2, 0.25) is 17.6 Å². The van der Waals surface area contributed by atoms with Crippen LogP contribution < -0.4 is 15.4 Å². The standard InChI is InChI=1S/C28H29N9O4/c1-16-11-30-28(32-23-9-17(2)36(3)34-23)33-26(16)21-12-29-27-20(21)5-4-6-22(27)31-24(39)14-37-8-7-18(13-37)40-25-10-19(15-38)41-35-25/h4-6,9-12,15,18,29H,7-8,13-14H2,1-3H3,(H,31,39)(H,30,32,33,34). The molecule has 0 saturated carbocycles. The highest BCUT2D eigenvalue weighted by Crippen LogP contribution is 2.33. The Balaban J connectivity index is 1.14. The molecule has 3 N–H and O–H groups in total. The van der Waals surface area contributed by atoms with Crippen LogP contribution in [-0.2, 0) is 11.8 Å². The maximum Gasteiger partial charge on any atom is 0.255 e. The zero-order valence-electron chi connectivity index (χ0n) is 22.8. The summed E-state index contributed by atoms with van der Waals surface area (Å²) in [5.74, 6) is 1.37. The van der Waals surface area contributed by atoms with E-state index in [-0.39, 0.29) is 30.2 Å². The molecule has 1 aliphatic rings. The minimum Gasteiger partial charge on any atom is -0.471 e. The molecule has 0 spiro atoms. The summed E-state index contributed by atoms with van der Waals surface area (Å²) in [4.78, 5) is 38.3. The minimum atomic E-state index is -0.140. The first kappa shape index (κ1) is 26.2. The predicted molar refractivity (Wildman–Crippen MR) is 151 cm³/mol. The number of carbonyl (C=O) groups excluding carboxylic acids is 2. The second-order valence-corrected chi connectivity index (χ2v) is 10.1. The van der Waals surface area contributed by atoms with Crippen LogP contribution in [0.5, 0.6) is 5.88 Å². The molecule has 1 aliphatic heterocycles. The molecule has 5 heterocycles. The number of amides is 1. The van der Waals surface area contributed by atoms with E-state index < -0.39 is 0 Å². The smallest absolute Gasteiger partial charge is 0.255 e. The lowest BCUT2D eigenvalue weighted by Crippen LogP contribution is -2.33. The molecule has 1 fully saturated rings. The maximum absolute atomic E-state index is 13.0. The molecule has 13 heteroatoms. The van der Waals surface area contributed by atoms with Crippen molar-refractivity contribution >= 4 is 40.5 Å². The summed E-state index contributed by atoms with van der Waals surface area (Å²) < 4.78 is 12.4. The van der Waals surface area contributed by atoms with Crippen molar-refractivity contribution in [2.45, 2.75) is 26.4 Å². The van der Waals surface area contributed by atoms with Crippen molar-refractivity contribution in [2.24, 2.45) is 7.05 Å². The second-order valence-electron chi connectivity index (χ2n) is 10.1. The Morgan fingerprint density at radius 3 is 2.95 bits per heavy atom. The van der Waals surface area contributed by atoms with Gasteiger partial charge in [0, 0.05) is 55.2 Å². The Morgan fingerprint density at radius 1 is 1.29 bits per heavy atom. The molecule has 1 unspecified atom stereocenters. The molecule has 0 aliphatic carbocycles. The number of para-hydroxylation sites is 1. The minimum absolute atomic E-state index is 0.113. The summed E-state index contributed by atoms with van der Waals surface area (Å²) in [6, 6.07) is 9.16. The highest BCUT2D eigenvalue weighted by Gasteiger charge is 2.27. The zero-order chi connectivity index (χ0) is 28.5. The Bertz CT molecular complexity index is 1720. The Morgan fingerprint density at radius 2 is 2.17 bits per heavy atom. The monoisotopic (exact) mass is 555 g/mol. The number of rotatable bonds is 9. The molecule has 210 valence electrons. The number of benzene rings is 1. The van der Waals surface area contributed by atoms with Crippen LogP contribution in [0.3, 0.4) is 0 Å². The number of fused-ring (bicyclic) bond motifs is 1. The Kier molecular flexibility index (Phi) is 6.93. The van der Waals surface area contributed by atoms with Crippen molar-refractivity contribution in [1.29, 1.82) is 0 Å². The lowest BCUT2D eigenvalue weighted by atomic mass is 10.1. The predicted octanol–water partition coefficient (Wildman–Crippen LogP) is 3.61. The number of nitrogens with one attached hydrogen (secondary N) is 3. The Hall–Kier alpha value is -5.04. The van der Waals surface area contributed by atoms with E-state index in [0.717, 1.165) is 39.8 Å². The second kappa shape index (κ2) is 10.8. The fourth-order valence-corrected chi connectivity index (χ4v) is 4.95. The van der Waals surface area contributed by atoms with Crippen LogP contribution in [0.4, 0.5) is 17.5 Å². The largest absolute Gasteiger partial charge is 0.471 e. The first-order chi connectivity index (χ1) is 19.9. The van der Waals surface area contributed by atoms with E-state index in [4.69, 9.17) is 14.2 Å². The van der Waals surface area contributed by atoms with Gasteiger partial charge in [0.1, 0.15) is 6.10 Å². The third-order valence-corrected chi connectivity index (χ3v) is 7.08. The molecule has 0 radical (unpaired) electrons. The molecule has 13 nitrogen and oxygen atoms in total. The van der Waals surface area contributed by atoms with Crippen molar-refractivity contribution in [3.63, 3.8) is 0 Å². The Labute approximate surface area is 234 Å². The molecule has 5 aromatic rings. The quantitative estimate of drug-likeness (QED) is 0.230. The zero-order valence-corrected chi connectivity index (χ0v) is 22.8. The number of hydrogen-bond donors (Lipinski definition) is 3. The SMILES string of the molecule is Cc1cnc(Nc2cc(C)n(C)n2)nc1-c1c[nH]c2c(NC(=O)CN3CCC(Oc4cc(C=O)on4)C3)cccc12. The number of ether oxygens (including phenoxy) is 1. The number of aldehydes is 1. The number of aromatic nitrogens is 6. The fourth-order valence-electron chi connectivity index (χ4n) is 4.95. The van der Waals surface area contributed by atoms with E-state index >= 15 is 0 Å². The number of carbonyl (C=O) groups is 2. The van der Waals surface area contributed by atoms with Gasteiger partial charge in [0.05, 0.1) is 29.5 Å². The van der Waals surface area contributed by atoms with Crippen molar-refractivity contribution in [3.8, 4) is 17.1 Å². The van der Waals surface area contributed by atoms with Gasteiger partial charge in [0.25, 0.3) is 5.88 Å². The van der Waals surface area contributed by atoms with Gasteiger partial charge in [-0.15, -0.1) is 0 Å². The maximum atomic E-state index is 13.0. The summed E-state index contributed by atoms with van der Waals surface area (Å²) in [6.07, 6.45) is 4.85. The fraction of sp³-hybridized carbons (Fsp3) is 0.286. The van der Waals surface area contributed by atoms with E-state index in [1.54, 1.807) is 10.9 Å². The molecule has 1 aromatic carbocycles. The number of aryl methyl sites for hydroxylation is 3. The molecular weight excluding hydrogens is 526 g/mol. The first-order valence-corrected chi connectivity index (χ1v) is 13.2. The molecule has 1 saturated heterocycles. The van der Waals surface area contributed by atoms with Crippen LogP contribution in [0, 0.1) is 13.8 Å². The third kappa shape index (κ3) is 5.52. The van der Waals surface area contributed by atoms with Gasteiger partial charge in [-0.3, -0.25) is 19.2 Å². The van der Waals surface area contributed by atoms with Crippen molar-refractivity contribution < 1.29 is 18.8 Å². The number of hydrogen-bond acceptors (Lipinski definition) is 10. The van der Waals surface area contributed by atoms with Gasteiger partial charge < -0.3 is 24.9 Å². The normalized spacial score (nSPS) is 15.3. The third-order valence-electron chi connectivity index (χ3n) is 7.08. The molecule has 4 aromatic heterocycles. The summed E-state index contributed by atoms with van der Waals surface area (Å²) >= 11 is 0. The highest BCUT2D eigenvalue weighted by molar-refractivity contribution is 6.06. The van der Waals surface area contributed by atoms with E-state index in [2.05, 4.69) is 30.9 Å². The van der Waals surface area contributed by atoms with Gasteiger partial charge in [-0.25, -0.2) is 9.97 Å². The van der Waals surface area contributed by atoms with Gasteiger partial charge >= 0.3 is 0 Å². The van der Waals surface area contributed by atoms with Gasteiger partial charge in [-0.2, -0.15) is 5.10 Å². The average Bonchev–Trinajstić information content (AvgIpc) is 3.74. The first-order valence-electron chi connectivity index (χ1n) is 13.2. The van der Waals surface area contributed by atoms with Crippen LogP contribution in [-0.4, -0.2) is 72.7 Å². The lowest BCUT2D eigenvalue weighted by Gasteiger charge is -2.16. The number of H-pyrrole nitrogens is 1. The number of anilines is 3. The average molecular weight is 556 g/mol. The lowest BCUT2D eigenvalue weighted by molar-refractivity contribution is -0.117. The summed E-state index contributed by atoms with van der Waals surface area (Å²) in [5, 5.41) is 15.3. The number of aromatic amines is 1. The number of likely N-dealkylation sites (tertiary alicyclic amines) is 1. The summed E-state index contributed by atoms with van der Waals surface area (Å²) in [5.41, 5.74) is 5.11. The van der Waals surface area contributed by atoms with Crippen LogP contribution >= 0.6 is 0 Å². The van der Waals surface area contributed by atoms with Crippen molar-refractivity contribution in [1.82, 2.24) is 34.8 Å². The van der Waals surface area contributed by atoms with Crippen LogP contribution in [0.25, 0.3) is 22.2 Å². The summed E-state index contributed by atoms with van der Waals surface area (Å²) in [6.45, 7) is 5.43. The van der Waals surface area contributed by atoms with Crippen LogP contribution in [0.2, 0.25) is 0 Å². The summed E-state index contributed by atoms with van der Waals surface area (Å²) in [7, 11) is 1.88. The van der Waals surface area contributed by atoms with Crippen LogP contribution in [0.15, 0.2) is 47.2 Å². The molecule has 0 bridgehead atoms. The molecule has 41 heavy (non-hydrogen) atoms. The van der Waals surface area contributed by atoms with Gasteiger partial charge in [-0.1, -0.05) is 12.1 Å².